The monoisotopic (exact) mass is 429 g/mol. The molecule has 0 fully saturated rings. The minimum absolute atomic E-state index is 0. The zero-order valence-corrected chi connectivity index (χ0v) is 15.8. The summed E-state index contributed by atoms with van der Waals surface area (Å²) in [6.45, 7) is 3.45. The van der Waals surface area contributed by atoms with Crippen LogP contribution in [0.25, 0.3) is 0 Å². The molecule has 0 aliphatic heterocycles. The van der Waals surface area contributed by atoms with Crippen LogP contribution in [0.3, 0.4) is 0 Å². The van der Waals surface area contributed by atoms with Crippen LogP contribution in [0, 0.1) is 0 Å². The van der Waals surface area contributed by atoms with E-state index < -0.39 is 9.84 Å². The second-order valence-electron chi connectivity index (χ2n) is 4.76. The van der Waals surface area contributed by atoms with Crippen LogP contribution in [0.4, 0.5) is 0 Å². The number of nitrogens with zero attached hydrogens (tertiary/aromatic N) is 3. The molecular weight excluding hydrogens is 405 g/mol. The van der Waals surface area contributed by atoms with Crippen molar-refractivity contribution in [2.75, 3.05) is 25.6 Å². The summed E-state index contributed by atoms with van der Waals surface area (Å²) >= 11 is 0. The van der Waals surface area contributed by atoms with Crippen LogP contribution < -0.4 is 10.6 Å². The Balaban J connectivity index is 0.00000400. The molecule has 2 N–H and O–H groups in total. The number of hydrogen-bond donors (Lipinski definition) is 2. The van der Waals surface area contributed by atoms with Crippen molar-refractivity contribution in [3.63, 3.8) is 0 Å². The minimum atomic E-state index is -2.92. The summed E-state index contributed by atoms with van der Waals surface area (Å²) in [6, 6.07) is 0.0455. The van der Waals surface area contributed by atoms with Gasteiger partial charge in [-0.3, -0.25) is 4.99 Å². The zero-order valence-electron chi connectivity index (χ0n) is 12.6. The number of halogens is 1. The predicted molar refractivity (Wildman–Crippen MR) is 95.9 cm³/mol. The Morgan fingerprint density at radius 1 is 1.48 bits per heavy atom. The first-order chi connectivity index (χ1) is 9.40. The van der Waals surface area contributed by atoms with Crippen LogP contribution in [0.15, 0.2) is 23.7 Å². The maximum atomic E-state index is 11.1. The van der Waals surface area contributed by atoms with Gasteiger partial charge in [0.15, 0.2) is 5.96 Å². The molecule has 1 atom stereocenters. The van der Waals surface area contributed by atoms with Gasteiger partial charge in [-0.15, -0.1) is 24.0 Å². The summed E-state index contributed by atoms with van der Waals surface area (Å²) < 4.78 is 24.2. The molecular formula is C12H24IN5O2S. The molecule has 0 saturated carbocycles. The maximum absolute atomic E-state index is 11.1. The number of aliphatic imine (C=N–C) groups is 1. The maximum Gasteiger partial charge on any atom is 0.191 e. The van der Waals surface area contributed by atoms with E-state index in [0.29, 0.717) is 12.4 Å². The highest BCUT2D eigenvalue weighted by atomic mass is 127. The number of nitrogens with one attached hydrogen (secondary N) is 2. The van der Waals surface area contributed by atoms with Crippen molar-refractivity contribution in [2.24, 2.45) is 4.99 Å². The first-order valence-electron chi connectivity index (χ1n) is 6.51. The largest absolute Gasteiger partial charge is 0.355 e. The van der Waals surface area contributed by atoms with Gasteiger partial charge >= 0.3 is 0 Å². The quantitative estimate of drug-likeness (QED) is 0.374. The van der Waals surface area contributed by atoms with Gasteiger partial charge in [0.25, 0.3) is 0 Å². The van der Waals surface area contributed by atoms with Gasteiger partial charge in [-0.05, 0) is 13.3 Å². The third-order valence-corrected chi connectivity index (χ3v) is 3.73. The Hall–Kier alpha value is -0.840. The molecule has 1 heterocycles. The van der Waals surface area contributed by atoms with E-state index in [9.17, 15) is 8.42 Å². The fourth-order valence-electron chi connectivity index (χ4n) is 1.61. The number of hydrogen-bond acceptors (Lipinski definition) is 4. The minimum Gasteiger partial charge on any atom is -0.355 e. The lowest BCUT2D eigenvalue weighted by atomic mass is 10.3. The molecule has 0 bridgehead atoms. The van der Waals surface area contributed by atoms with Crippen molar-refractivity contribution < 1.29 is 8.42 Å². The van der Waals surface area contributed by atoms with Crippen LogP contribution in [-0.2, 0) is 16.4 Å². The molecule has 0 aromatic carbocycles. The Kier molecular flexibility index (Phi) is 9.58. The first kappa shape index (κ1) is 20.2. The number of guanidine groups is 1. The molecule has 122 valence electrons. The molecule has 1 unspecified atom stereocenters. The van der Waals surface area contributed by atoms with Gasteiger partial charge in [0.05, 0.1) is 12.1 Å². The van der Waals surface area contributed by atoms with E-state index >= 15 is 0 Å². The lowest BCUT2D eigenvalue weighted by Crippen LogP contribution is -2.43. The summed E-state index contributed by atoms with van der Waals surface area (Å²) in [5.41, 5.74) is 0. The van der Waals surface area contributed by atoms with Gasteiger partial charge in [-0.2, -0.15) is 0 Å². The normalized spacial score (nSPS) is 13.4. The Bertz CT molecular complexity index is 516. The van der Waals surface area contributed by atoms with Crippen molar-refractivity contribution in [3.05, 3.63) is 18.7 Å². The SMILES string of the molecule is CN=C(NCCn1ccnc1)NC(C)CCS(C)(=O)=O.I. The number of rotatable bonds is 7. The lowest BCUT2D eigenvalue weighted by molar-refractivity contribution is 0.579. The molecule has 0 aliphatic carbocycles. The lowest BCUT2D eigenvalue weighted by Gasteiger charge is -2.17. The molecule has 7 nitrogen and oxygen atoms in total. The topological polar surface area (TPSA) is 88.4 Å². The summed E-state index contributed by atoms with van der Waals surface area (Å²) in [7, 11) is -1.23. The van der Waals surface area contributed by atoms with E-state index in [4.69, 9.17) is 0 Å². The van der Waals surface area contributed by atoms with Crippen molar-refractivity contribution in [1.82, 2.24) is 20.2 Å². The average Bonchev–Trinajstić information content (AvgIpc) is 2.87. The number of imidazole rings is 1. The Morgan fingerprint density at radius 2 is 2.19 bits per heavy atom. The van der Waals surface area contributed by atoms with Gasteiger partial charge in [-0.1, -0.05) is 0 Å². The van der Waals surface area contributed by atoms with Crippen LogP contribution in [0.5, 0.6) is 0 Å². The summed E-state index contributed by atoms with van der Waals surface area (Å²) in [5.74, 6) is 0.846. The molecule has 0 spiro atoms. The summed E-state index contributed by atoms with van der Waals surface area (Å²) in [6.07, 6.45) is 7.19. The van der Waals surface area contributed by atoms with Gasteiger partial charge in [0, 0.05) is 44.8 Å². The van der Waals surface area contributed by atoms with E-state index in [-0.39, 0.29) is 35.8 Å². The second-order valence-corrected chi connectivity index (χ2v) is 7.02. The van der Waals surface area contributed by atoms with Gasteiger partial charge in [0.2, 0.25) is 0 Å². The molecule has 1 aromatic heterocycles. The smallest absolute Gasteiger partial charge is 0.191 e. The Morgan fingerprint density at radius 3 is 2.71 bits per heavy atom. The number of aromatic nitrogens is 2. The van der Waals surface area contributed by atoms with Crippen molar-refractivity contribution in [2.45, 2.75) is 25.9 Å². The number of sulfone groups is 1. The van der Waals surface area contributed by atoms with E-state index in [1.54, 1.807) is 19.6 Å². The van der Waals surface area contributed by atoms with Crippen LogP contribution >= 0.6 is 24.0 Å². The third-order valence-electron chi connectivity index (χ3n) is 2.75. The Labute approximate surface area is 143 Å². The molecule has 0 amide bonds. The molecule has 0 aliphatic rings. The van der Waals surface area contributed by atoms with Crippen molar-refractivity contribution in [3.8, 4) is 0 Å². The van der Waals surface area contributed by atoms with Crippen LogP contribution in [-0.4, -0.2) is 55.6 Å². The first-order valence-corrected chi connectivity index (χ1v) is 8.57. The molecule has 9 heteroatoms. The second kappa shape index (κ2) is 9.98. The van der Waals surface area contributed by atoms with E-state index in [1.165, 1.54) is 6.26 Å². The highest BCUT2D eigenvalue weighted by molar-refractivity contribution is 14.0. The highest BCUT2D eigenvalue weighted by Crippen LogP contribution is 1.95. The van der Waals surface area contributed by atoms with Crippen LogP contribution in [0.2, 0.25) is 0 Å². The summed E-state index contributed by atoms with van der Waals surface area (Å²) in [5, 5.41) is 6.35. The van der Waals surface area contributed by atoms with Crippen molar-refractivity contribution >= 4 is 39.8 Å². The van der Waals surface area contributed by atoms with Gasteiger partial charge in [-0.25, -0.2) is 13.4 Å². The fraction of sp³-hybridized carbons (Fsp3) is 0.667. The van der Waals surface area contributed by atoms with E-state index in [2.05, 4.69) is 20.6 Å². The molecule has 1 rings (SSSR count). The van der Waals surface area contributed by atoms with E-state index in [1.807, 2.05) is 17.7 Å². The van der Waals surface area contributed by atoms with Gasteiger partial charge in [0.1, 0.15) is 9.84 Å². The van der Waals surface area contributed by atoms with E-state index in [0.717, 1.165) is 13.1 Å². The molecule has 0 saturated heterocycles. The fourth-order valence-corrected chi connectivity index (χ4v) is 2.40. The molecule has 1 aromatic rings. The van der Waals surface area contributed by atoms with Gasteiger partial charge < -0.3 is 15.2 Å². The van der Waals surface area contributed by atoms with Crippen LogP contribution in [0.1, 0.15) is 13.3 Å². The predicted octanol–water partition coefficient (Wildman–Crippen LogP) is 0.489. The standard InChI is InChI=1S/C12H23N5O2S.HI/c1-11(4-9-20(3,18)19)16-12(13-2)15-6-8-17-7-5-14-10-17;/h5,7,10-11H,4,6,8-9H2,1-3H3,(H2,13,15,16);1H. The summed E-state index contributed by atoms with van der Waals surface area (Å²) in [4.78, 5) is 8.08. The highest BCUT2D eigenvalue weighted by Gasteiger charge is 2.09. The van der Waals surface area contributed by atoms with Crippen molar-refractivity contribution in [1.29, 1.82) is 0 Å². The molecule has 0 radical (unpaired) electrons. The molecule has 21 heavy (non-hydrogen) atoms. The third kappa shape index (κ3) is 9.67. The average molecular weight is 429 g/mol. The zero-order chi connectivity index (χ0) is 15.0.